The van der Waals surface area contributed by atoms with Crippen molar-refractivity contribution in [2.24, 2.45) is 0 Å². The lowest BCUT2D eigenvalue weighted by molar-refractivity contribution is -0.711. The second-order valence-corrected chi connectivity index (χ2v) is 5.96. The highest BCUT2D eigenvalue weighted by Gasteiger charge is 2.47. The summed E-state index contributed by atoms with van der Waals surface area (Å²) in [7, 11) is 0. The van der Waals surface area contributed by atoms with Gasteiger partial charge in [-0.3, -0.25) is 30.4 Å². The molecule has 1 aromatic heterocycles. The molecule has 2 atom stereocenters. The summed E-state index contributed by atoms with van der Waals surface area (Å²) in [6, 6.07) is 8.45. The number of hydrogen-bond acceptors (Lipinski definition) is 5. The van der Waals surface area contributed by atoms with Gasteiger partial charge in [-0.2, -0.15) is 4.57 Å². The molecule has 1 aliphatic heterocycles. The van der Waals surface area contributed by atoms with Crippen molar-refractivity contribution in [2.75, 3.05) is 0 Å². The molecule has 8 nitrogen and oxygen atoms in total. The Labute approximate surface area is 148 Å². The Bertz CT molecular complexity index is 961. The molecule has 0 saturated carbocycles. The molecule has 0 radical (unpaired) electrons. The van der Waals surface area contributed by atoms with Crippen LogP contribution in [0.4, 0.5) is 5.69 Å². The zero-order chi connectivity index (χ0) is 18.8. The maximum Gasteiger partial charge on any atom is 0.296 e. The third kappa shape index (κ3) is 3.01. The minimum absolute atomic E-state index is 0.00235. The van der Waals surface area contributed by atoms with E-state index in [0.29, 0.717) is 5.56 Å². The largest absolute Gasteiger partial charge is 0.296 e. The van der Waals surface area contributed by atoms with Crippen LogP contribution in [0.1, 0.15) is 23.1 Å². The standard InChI is InChI=1S/C18H14N4O4/c1-11-3-2-8-21(10-11)16-15(14(9-19)17(23)20-18(16)24)12-4-6-13(7-5-12)22(25)26/h2-8,10,15-16,19H,1H3/p+1. The van der Waals surface area contributed by atoms with Gasteiger partial charge in [-0.05, 0) is 24.4 Å². The van der Waals surface area contributed by atoms with Gasteiger partial charge in [0.05, 0.1) is 16.4 Å². The highest BCUT2D eigenvalue weighted by molar-refractivity contribution is 6.13. The third-order valence-corrected chi connectivity index (χ3v) is 4.27. The fraction of sp³-hybridized carbons (Fsp3) is 0.167. The number of imide groups is 1. The van der Waals surface area contributed by atoms with Gasteiger partial charge in [0.15, 0.2) is 12.4 Å². The molecule has 8 heteroatoms. The van der Waals surface area contributed by atoms with E-state index in [4.69, 9.17) is 5.41 Å². The number of nitrogens with one attached hydrogen (secondary N) is 2. The number of nitro benzene ring substituents is 1. The second-order valence-electron chi connectivity index (χ2n) is 5.96. The predicted molar refractivity (Wildman–Crippen MR) is 90.6 cm³/mol. The Kier molecular flexibility index (Phi) is 4.43. The molecule has 130 valence electrons. The molecule has 3 rings (SSSR count). The molecule has 26 heavy (non-hydrogen) atoms. The molecule has 2 heterocycles. The van der Waals surface area contributed by atoms with Crippen LogP contribution in [0.25, 0.3) is 0 Å². The number of carbonyl (C=O) groups is 2. The molecule has 2 aromatic rings. The Balaban J connectivity index is 2.16. The monoisotopic (exact) mass is 351 g/mol. The van der Waals surface area contributed by atoms with Crippen molar-refractivity contribution >= 4 is 23.4 Å². The van der Waals surface area contributed by atoms with E-state index in [0.717, 1.165) is 5.56 Å². The molecule has 0 aliphatic carbocycles. The lowest BCUT2D eigenvalue weighted by atomic mass is 9.81. The summed E-state index contributed by atoms with van der Waals surface area (Å²) >= 11 is 0. The summed E-state index contributed by atoms with van der Waals surface area (Å²) in [5, 5.41) is 20.6. The van der Waals surface area contributed by atoms with Crippen LogP contribution in [0.3, 0.4) is 0 Å². The van der Waals surface area contributed by atoms with Crippen LogP contribution in [-0.2, 0) is 9.59 Å². The van der Waals surface area contributed by atoms with Gasteiger partial charge >= 0.3 is 0 Å². The van der Waals surface area contributed by atoms with E-state index in [9.17, 15) is 19.7 Å². The molecule has 1 aromatic carbocycles. The van der Waals surface area contributed by atoms with Gasteiger partial charge in [-0.25, -0.2) is 0 Å². The molecule has 2 unspecified atom stereocenters. The second kappa shape index (κ2) is 6.70. The molecule has 1 saturated heterocycles. The van der Waals surface area contributed by atoms with Gasteiger partial charge in [0.1, 0.15) is 0 Å². The number of aryl methyl sites for hydroxylation is 1. The quantitative estimate of drug-likeness (QED) is 0.217. The highest BCUT2D eigenvalue weighted by Crippen LogP contribution is 2.35. The van der Waals surface area contributed by atoms with Crippen LogP contribution in [-0.4, -0.2) is 22.6 Å². The first kappa shape index (κ1) is 17.2. The number of hydrogen-bond donors (Lipinski definition) is 2. The predicted octanol–water partition coefficient (Wildman–Crippen LogP) is 1.35. The van der Waals surface area contributed by atoms with E-state index >= 15 is 0 Å². The molecule has 2 N–H and O–H groups in total. The van der Waals surface area contributed by atoms with Gasteiger partial charge in [0.2, 0.25) is 6.04 Å². The average Bonchev–Trinajstić information content (AvgIpc) is 2.61. The van der Waals surface area contributed by atoms with E-state index in [1.807, 2.05) is 13.0 Å². The zero-order valence-corrected chi connectivity index (χ0v) is 13.8. The minimum atomic E-state index is -0.818. The first-order chi connectivity index (χ1) is 12.4. The minimum Gasteiger partial charge on any atom is -0.286 e. The smallest absolute Gasteiger partial charge is 0.286 e. The van der Waals surface area contributed by atoms with Gasteiger partial charge in [0.25, 0.3) is 17.5 Å². The summed E-state index contributed by atoms with van der Waals surface area (Å²) in [6.07, 6.45) is 3.47. The topological polar surface area (TPSA) is 117 Å². The summed E-state index contributed by atoms with van der Waals surface area (Å²) < 4.78 is 1.67. The summed E-state index contributed by atoms with van der Waals surface area (Å²) in [4.78, 5) is 35.1. The van der Waals surface area contributed by atoms with Crippen molar-refractivity contribution < 1.29 is 19.1 Å². The Morgan fingerprint density at radius 1 is 1.23 bits per heavy atom. The van der Waals surface area contributed by atoms with Crippen LogP contribution in [0, 0.1) is 22.4 Å². The lowest BCUT2D eigenvalue weighted by Gasteiger charge is -2.27. The van der Waals surface area contributed by atoms with Gasteiger partial charge in [-0.15, -0.1) is 0 Å². The van der Waals surface area contributed by atoms with Gasteiger partial charge in [-0.1, -0.05) is 12.1 Å². The highest BCUT2D eigenvalue weighted by atomic mass is 16.6. The van der Waals surface area contributed by atoms with Crippen LogP contribution >= 0.6 is 0 Å². The number of amides is 2. The number of aromatic nitrogens is 1. The molecular formula is C18H15N4O4+. The molecule has 2 amide bonds. The fourth-order valence-electron chi connectivity index (χ4n) is 3.09. The van der Waals surface area contributed by atoms with Gasteiger partial charge < -0.3 is 0 Å². The summed E-state index contributed by atoms with van der Waals surface area (Å²) in [5.74, 6) is 0.164. The van der Waals surface area contributed by atoms with Crippen LogP contribution in [0.15, 0.2) is 54.4 Å². The molecule has 0 bridgehead atoms. The van der Waals surface area contributed by atoms with E-state index in [1.165, 1.54) is 24.3 Å². The van der Waals surface area contributed by atoms with Crippen molar-refractivity contribution in [3.8, 4) is 0 Å². The average molecular weight is 351 g/mol. The van der Waals surface area contributed by atoms with E-state index in [2.05, 4.69) is 11.2 Å². The van der Waals surface area contributed by atoms with Crippen molar-refractivity contribution in [1.29, 1.82) is 5.41 Å². The maximum absolute atomic E-state index is 12.6. The molecular weight excluding hydrogens is 336 g/mol. The number of rotatable bonds is 3. The normalized spacial score (nSPS) is 19.7. The molecule has 1 fully saturated rings. The number of piperidine rings is 1. The number of nitro groups is 1. The van der Waals surface area contributed by atoms with E-state index < -0.39 is 28.7 Å². The van der Waals surface area contributed by atoms with Crippen molar-refractivity contribution in [3.05, 3.63) is 75.6 Å². The van der Waals surface area contributed by atoms with Crippen molar-refractivity contribution in [3.63, 3.8) is 0 Å². The van der Waals surface area contributed by atoms with Crippen LogP contribution in [0.2, 0.25) is 0 Å². The van der Waals surface area contributed by atoms with E-state index in [-0.39, 0.29) is 11.3 Å². The Morgan fingerprint density at radius 2 is 1.92 bits per heavy atom. The summed E-state index contributed by atoms with van der Waals surface area (Å²) in [6.45, 7) is 1.87. The number of benzene rings is 1. The number of nitrogens with zero attached hydrogens (tertiary/aromatic N) is 2. The number of carbonyl (C=O) groups excluding carboxylic acids is 2. The first-order valence-electron chi connectivity index (χ1n) is 7.79. The fourth-order valence-corrected chi connectivity index (χ4v) is 3.09. The van der Waals surface area contributed by atoms with E-state index in [1.54, 1.807) is 23.0 Å². The Morgan fingerprint density at radius 3 is 2.50 bits per heavy atom. The first-order valence-corrected chi connectivity index (χ1v) is 7.79. The van der Waals surface area contributed by atoms with Crippen molar-refractivity contribution in [2.45, 2.75) is 18.9 Å². The zero-order valence-electron chi connectivity index (χ0n) is 13.8. The SMILES string of the molecule is Cc1ccc[n+](C2C(=O)NC(=O)C(=C=N)C2c2ccc([N+](=O)[O-])cc2)c1. The maximum atomic E-state index is 12.6. The number of non-ortho nitro benzene ring substituents is 1. The lowest BCUT2D eigenvalue weighted by Crippen LogP contribution is -2.57. The molecule has 0 spiro atoms. The summed E-state index contributed by atoms with van der Waals surface area (Å²) in [5.41, 5.74) is 1.34. The Hall–Kier alpha value is -3.64. The van der Waals surface area contributed by atoms with Crippen LogP contribution in [0.5, 0.6) is 0 Å². The van der Waals surface area contributed by atoms with Crippen molar-refractivity contribution in [1.82, 2.24) is 5.32 Å². The number of pyridine rings is 1. The van der Waals surface area contributed by atoms with Gasteiger partial charge in [0, 0.05) is 23.8 Å². The van der Waals surface area contributed by atoms with Crippen LogP contribution < -0.4 is 9.88 Å². The third-order valence-electron chi connectivity index (χ3n) is 4.27. The molecule has 1 aliphatic rings.